The smallest absolute Gasteiger partial charge is 0.249 e. The monoisotopic (exact) mass is 297 g/mol. The lowest BCUT2D eigenvalue weighted by Crippen LogP contribution is -2.35. The number of benzene rings is 1. The second-order valence-electron chi connectivity index (χ2n) is 4.29. The molecular formula is C13H16BrNO2. The minimum Gasteiger partial charge on any atom is -0.368 e. The molecule has 1 saturated heterocycles. The summed E-state index contributed by atoms with van der Waals surface area (Å²) >= 11 is 3.43. The van der Waals surface area contributed by atoms with Crippen LogP contribution in [0.25, 0.3) is 0 Å². The summed E-state index contributed by atoms with van der Waals surface area (Å²) in [5.74, 6) is -0.00465. The van der Waals surface area contributed by atoms with E-state index in [4.69, 9.17) is 4.74 Å². The summed E-state index contributed by atoms with van der Waals surface area (Å²) in [7, 11) is 0. The van der Waals surface area contributed by atoms with Crippen LogP contribution in [0.2, 0.25) is 0 Å². The fraction of sp³-hybridized carbons (Fsp3) is 0.462. The van der Waals surface area contributed by atoms with E-state index in [1.54, 1.807) is 0 Å². The van der Waals surface area contributed by atoms with Crippen LogP contribution in [0.1, 0.15) is 31.4 Å². The highest BCUT2D eigenvalue weighted by Gasteiger charge is 2.24. The van der Waals surface area contributed by atoms with Gasteiger partial charge in [-0.2, -0.15) is 0 Å². The first-order chi connectivity index (χ1) is 8.16. The first-order valence-corrected chi connectivity index (χ1v) is 6.63. The van der Waals surface area contributed by atoms with Crippen LogP contribution in [0.4, 0.5) is 0 Å². The lowest BCUT2D eigenvalue weighted by molar-refractivity contribution is -0.130. The molecule has 3 nitrogen and oxygen atoms in total. The van der Waals surface area contributed by atoms with E-state index in [9.17, 15) is 4.79 Å². The van der Waals surface area contributed by atoms with E-state index in [2.05, 4.69) is 21.2 Å². The molecule has 1 fully saturated rings. The van der Waals surface area contributed by atoms with Crippen molar-refractivity contribution in [1.82, 2.24) is 5.32 Å². The van der Waals surface area contributed by atoms with Crippen molar-refractivity contribution in [1.29, 1.82) is 0 Å². The zero-order valence-corrected chi connectivity index (χ0v) is 11.4. The molecule has 0 aliphatic carbocycles. The molecule has 1 aromatic carbocycles. The SMILES string of the molecule is CC(NC(=O)[C@@H]1CCCO1)c1cccc(Br)c1. The van der Waals surface area contributed by atoms with Crippen molar-refractivity contribution in [3.8, 4) is 0 Å². The second-order valence-corrected chi connectivity index (χ2v) is 5.20. The fourth-order valence-corrected chi connectivity index (χ4v) is 2.37. The Bertz CT molecular complexity index is 402. The molecule has 0 radical (unpaired) electrons. The molecule has 1 amide bonds. The second kappa shape index (κ2) is 5.65. The molecule has 0 aromatic heterocycles. The molecule has 0 saturated carbocycles. The third-order valence-electron chi connectivity index (χ3n) is 2.93. The Balaban J connectivity index is 1.96. The summed E-state index contributed by atoms with van der Waals surface area (Å²) in [5, 5.41) is 2.98. The Labute approximate surface area is 110 Å². The first kappa shape index (κ1) is 12.6. The van der Waals surface area contributed by atoms with Crippen molar-refractivity contribution in [3.05, 3.63) is 34.3 Å². The molecule has 1 aliphatic rings. The van der Waals surface area contributed by atoms with E-state index in [-0.39, 0.29) is 18.1 Å². The zero-order valence-electron chi connectivity index (χ0n) is 9.78. The van der Waals surface area contributed by atoms with Gasteiger partial charge in [-0.05, 0) is 37.5 Å². The number of ether oxygens (including phenoxy) is 1. The molecule has 0 bridgehead atoms. The standard InChI is InChI=1S/C13H16BrNO2/c1-9(10-4-2-5-11(14)8-10)15-13(16)12-6-3-7-17-12/h2,4-5,8-9,12H,3,6-7H2,1H3,(H,15,16)/t9?,12-/m0/s1. The van der Waals surface area contributed by atoms with Gasteiger partial charge in [-0.15, -0.1) is 0 Å². The largest absolute Gasteiger partial charge is 0.368 e. The van der Waals surface area contributed by atoms with Gasteiger partial charge in [0.05, 0.1) is 6.04 Å². The molecule has 1 N–H and O–H groups in total. The van der Waals surface area contributed by atoms with Crippen LogP contribution in [0.15, 0.2) is 28.7 Å². The highest BCUT2D eigenvalue weighted by atomic mass is 79.9. The van der Waals surface area contributed by atoms with Gasteiger partial charge in [-0.25, -0.2) is 0 Å². The van der Waals surface area contributed by atoms with Crippen molar-refractivity contribution in [2.75, 3.05) is 6.61 Å². The van der Waals surface area contributed by atoms with E-state index in [1.807, 2.05) is 31.2 Å². The van der Waals surface area contributed by atoms with E-state index >= 15 is 0 Å². The predicted octanol–water partition coefficient (Wildman–Crippen LogP) is 2.81. The van der Waals surface area contributed by atoms with Crippen LogP contribution in [-0.4, -0.2) is 18.6 Å². The van der Waals surface area contributed by atoms with Gasteiger partial charge in [-0.3, -0.25) is 4.79 Å². The summed E-state index contributed by atoms with van der Waals surface area (Å²) in [6.45, 7) is 2.68. The number of amides is 1. The lowest BCUT2D eigenvalue weighted by atomic mass is 10.1. The maximum atomic E-state index is 11.9. The minimum atomic E-state index is -0.260. The van der Waals surface area contributed by atoms with Crippen molar-refractivity contribution in [3.63, 3.8) is 0 Å². The average Bonchev–Trinajstić information content (AvgIpc) is 2.82. The Morgan fingerprint density at radius 2 is 2.41 bits per heavy atom. The van der Waals surface area contributed by atoms with Crippen LogP contribution in [-0.2, 0) is 9.53 Å². The molecule has 1 unspecified atom stereocenters. The number of halogens is 1. The Hall–Kier alpha value is -0.870. The van der Waals surface area contributed by atoms with Crippen molar-refractivity contribution >= 4 is 21.8 Å². The average molecular weight is 298 g/mol. The molecule has 92 valence electrons. The summed E-state index contributed by atoms with van der Waals surface area (Å²) in [4.78, 5) is 11.9. The predicted molar refractivity (Wildman–Crippen MR) is 69.7 cm³/mol. The van der Waals surface area contributed by atoms with Crippen LogP contribution < -0.4 is 5.32 Å². The van der Waals surface area contributed by atoms with Gasteiger partial charge in [-0.1, -0.05) is 28.1 Å². The molecular weight excluding hydrogens is 282 g/mol. The molecule has 2 rings (SSSR count). The molecule has 4 heteroatoms. The number of carbonyl (C=O) groups excluding carboxylic acids is 1. The van der Waals surface area contributed by atoms with Crippen molar-refractivity contribution < 1.29 is 9.53 Å². The molecule has 2 atom stereocenters. The quantitative estimate of drug-likeness (QED) is 0.932. The van der Waals surface area contributed by atoms with Gasteiger partial charge in [0.15, 0.2) is 0 Å². The third kappa shape index (κ3) is 3.30. The molecule has 17 heavy (non-hydrogen) atoms. The maximum absolute atomic E-state index is 11.9. The van der Waals surface area contributed by atoms with Gasteiger partial charge in [0.1, 0.15) is 6.10 Å². The highest BCUT2D eigenvalue weighted by molar-refractivity contribution is 9.10. The Morgan fingerprint density at radius 3 is 3.06 bits per heavy atom. The zero-order chi connectivity index (χ0) is 12.3. The highest BCUT2D eigenvalue weighted by Crippen LogP contribution is 2.19. The summed E-state index contributed by atoms with van der Waals surface area (Å²) < 4.78 is 6.38. The number of hydrogen-bond acceptors (Lipinski definition) is 2. The molecule has 1 aromatic rings. The summed E-state index contributed by atoms with van der Waals surface area (Å²) in [5.41, 5.74) is 1.09. The maximum Gasteiger partial charge on any atom is 0.249 e. The van der Waals surface area contributed by atoms with Gasteiger partial charge in [0.2, 0.25) is 5.91 Å². The number of hydrogen-bond donors (Lipinski definition) is 1. The molecule has 1 aliphatic heterocycles. The van der Waals surface area contributed by atoms with Gasteiger partial charge in [0, 0.05) is 11.1 Å². The Kier molecular flexibility index (Phi) is 4.18. The fourth-order valence-electron chi connectivity index (χ4n) is 1.95. The van der Waals surface area contributed by atoms with Crippen molar-refractivity contribution in [2.24, 2.45) is 0 Å². The van der Waals surface area contributed by atoms with Crippen LogP contribution in [0.5, 0.6) is 0 Å². The lowest BCUT2D eigenvalue weighted by Gasteiger charge is -2.17. The normalized spacial score (nSPS) is 21.2. The van der Waals surface area contributed by atoms with Crippen LogP contribution >= 0.6 is 15.9 Å². The van der Waals surface area contributed by atoms with Crippen molar-refractivity contribution in [2.45, 2.75) is 31.9 Å². The van der Waals surface area contributed by atoms with E-state index < -0.39 is 0 Å². The number of carbonyl (C=O) groups is 1. The summed E-state index contributed by atoms with van der Waals surface area (Å²) in [6, 6.07) is 7.96. The number of rotatable bonds is 3. The van der Waals surface area contributed by atoms with Gasteiger partial charge < -0.3 is 10.1 Å². The van der Waals surface area contributed by atoms with E-state index in [0.717, 1.165) is 22.9 Å². The third-order valence-corrected chi connectivity index (χ3v) is 3.42. The first-order valence-electron chi connectivity index (χ1n) is 5.84. The van der Waals surface area contributed by atoms with Crippen LogP contribution in [0.3, 0.4) is 0 Å². The van der Waals surface area contributed by atoms with E-state index in [0.29, 0.717) is 6.61 Å². The Morgan fingerprint density at radius 1 is 1.59 bits per heavy atom. The van der Waals surface area contributed by atoms with Crippen LogP contribution in [0, 0.1) is 0 Å². The topological polar surface area (TPSA) is 38.3 Å². The number of nitrogens with one attached hydrogen (secondary N) is 1. The minimum absolute atomic E-state index is 0.00389. The molecule has 0 spiro atoms. The van der Waals surface area contributed by atoms with Gasteiger partial charge >= 0.3 is 0 Å². The van der Waals surface area contributed by atoms with E-state index in [1.165, 1.54) is 0 Å². The van der Waals surface area contributed by atoms with Gasteiger partial charge in [0.25, 0.3) is 0 Å². The summed E-state index contributed by atoms with van der Waals surface area (Å²) in [6.07, 6.45) is 1.55. The molecule has 1 heterocycles.